The second kappa shape index (κ2) is 12.9. The van der Waals surface area contributed by atoms with Crippen LogP contribution in [-0.2, 0) is 17.6 Å². The molecule has 0 spiro atoms. The molecule has 226 valence electrons. The van der Waals surface area contributed by atoms with Gasteiger partial charge in [0.2, 0.25) is 0 Å². The van der Waals surface area contributed by atoms with E-state index < -0.39 is 0 Å². The molecule has 1 fully saturated rings. The molecule has 9 nitrogen and oxygen atoms in total. The molecular formula is C32H36Cl2N6O3. The van der Waals surface area contributed by atoms with Crippen molar-refractivity contribution in [3.8, 4) is 22.7 Å². The quantitative estimate of drug-likeness (QED) is 0.407. The van der Waals surface area contributed by atoms with Crippen molar-refractivity contribution < 1.29 is 14.3 Å². The number of carbonyl (C=O) groups excluding carboxylic acids is 2. The Morgan fingerprint density at radius 2 is 1.84 bits per heavy atom. The fraction of sp³-hybridized carbons (Fsp3) is 0.344. The first-order valence-corrected chi connectivity index (χ1v) is 15.0. The molecule has 0 radical (unpaired) electrons. The predicted molar refractivity (Wildman–Crippen MR) is 171 cm³/mol. The fourth-order valence-electron chi connectivity index (χ4n) is 6.10. The highest BCUT2D eigenvalue weighted by Crippen LogP contribution is 2.42. The first-order valence-electron chi connectivity index (χ1n) is 14.2. The van der Waals surface area contributed by atoms with Gasteiger partial charge in [0.25, 0.3) is 5.91 Å². The van der Waals surface area contributed by atoms with Gasteiger partial charge in [-0.05, 0) is 81.4 Å². The van der Waals surface area contributed by atoms with Crippen LogP contribution < -0.4 is 15.8 Å². The number of aryl methyl sites for hydroxylation is 1. The van der Waals surface area contributed by atoms with Gasteiger partial charge in [0.15, 0.2) is 12.0 Å². The van der Waals surface area contributed by atoms with Crippen LogP contribution >= 0.6 is 23.2 Å². The second-order valence-electron chi connectivity index (χ2n) is 10.8. The molecule has 43 heavy (non-hydrogen) atoms. The van der Waals surface area contributed by atoms with Crippen molar-refractivity contribution in [1.82, 2.24) is 24.9 Å². The number of halogens is 2. The van der Waals surface area contributed by atoms with Gasteiger partial charge in [-0.15, -0.1) is 0 Å². The summed E-state index contributed by atoms with van der Waals surface area (Å²) in [5.74, 6) is 0.665. The number of nitrogens with one attached hydrogen (secondary N) is 1. The number of dihydropyridines is 1. The van der Waals surface area contributed by atoms with Crippen LogP contribution in [0.25, 0.3) is 22.5 Å². The van der Waals surface area contributed by atoms with Gasteiger partial charge >= 0.3 is 0 Å². The molecule has 2 aliphatic heterocycles. The van der Waals surface area contributed by atoms with E-state index in [-0.39, 0.29) is 11.9 Å². The van der Waals surface area contributed by atoms with Crippen LogP contribution in [0.3, 0.4) is 0 Å². The minimum Gasteiger partial charge on any atom is -0.496 e. The monoisotopic (exact) mass is 622 g/mol. The number of allylic oxidation sites excluding steroid dienone is 2. The average Bonchev–Trinajstić information content (AvgIpc) is 3.41. The summed E-state index contributed by atoms with van der Waals surface area (Å²) in [5.41, 5.74) is 11.8. The Labute approximate surface area is 261 Å². The fourth-order valence-corrected chi connectivity index (χ4v) is 6.62. The third-order valence-corrected chi connectivity index (χ3v) is 8.51. The standard InChI is InChI=1S/C31H31Cl2N5O3.CH5N/c1-18-16-36(2)6-7-37(18)31(40)29-25-5-4-20-9-28(41-3)26(21-8-19(17-39)14-34-15-21)13-27(20)30(25)38(35-29)24-11-22(32)10-23(33)12-24;1-2/h8-14,17-18,34H,4-7,15-16H2,1-3H3;2H2,1H3. The van der Waals surface area contributed by atoms with Gasteiger partial charge in [-0.2, -0.15) is 5.10 Å². The van der Waals surface area contributed by atoms with E-state index in [0.29, 0.717) is 46.5 Å². The largest absolute Gasteiger partial charge is 0.496 e. The number of carbonyl (C=O) groups is 2. The summed E-state index contributed by atoms with van der Waals surface area (Å²) in [6.45, 7) is 4.90. The Kier molecular flexibility index (Phi) is 9.27. The number of likely N-dealkylation sites (N-methyl/N-ethyl adjacent to an activating group) is 1. The first kappa shape index (κ1) is 30.8. The second-order valence-corrected chi connectivity index (χ2v) is 11.7. The van der Waals surface area contributed by atoms with Crippen molar-refractivity contribution in [3.05, 3.63) is 80.6 Å². The van der Waals surface area contributed by atoms with Crippen molar-refractivity contribution >= 4 is 41.0 Å². The molecule has 1 aliphatic carbocycles. The molecule has 3 aromatic rings. The highest BCUT2D eigenvalue weighted by Gasteiger charge is 2.35. The zero-order chi connectivity index (χ0) is 30.8. The van der Waals surface area contributed by atoms with E-state index in [1.807, 2.05) is 11.0 Å². The van der Waals surface area contributed by atoms with Crippen LogP contribution in [-0.4, -0.2) is 85.2 Å². The minimum atomic E-state index is -0.0640. The van der Waals surface area contributed by atoms with Crippen LogP contribution in [0.1, 0.15) is 34.1 Å². The lowest BCUT2D eigenvalue weighted by molar-refractivity contribution is -0.104. The summed E-state index contributed by atoms with van der Waals surface area (Å²) in [6.07, 6.45) is 5.79. The van der Waals surface area contributed by atoms with E-state index in [0.717, 1.165) is 65.1 Å². The molecule has 6 rings (SSSR count). The Hall–Kier alpha value is -3.63. The number of nitrogens with zero attached hydrogens (tertiary/aromatic N) is 4. The highest BCUT2D eigenvalue weighted by atomic mass is 35.5. The summed E-state index contributed by atoms with van der Waals surface area (Å²) in [5, 5.41) is 9.11. The van der Waals surface area contributed by atoms with Gasteiger partial charge in [0.1, 0.15) is 5.75 Å². The number of hydrogen-bond acceptors (Lipinski definition) is 7. The van der Waals surface area contributed by atoms with Crippen molar-refractivity contribution in [2.24, 2.45) is 5.73 Å². The van der Waals surface area contributed by atoms with Gasteiger partial charge in [-0.3, -0.25) is 9.59 Å². The highest BCUT2D eigenvalue weighted by molar-refractivity contribution is 6.34. The first-order chi connectivity index (χ1) is 20.8. The van der Waals surface area contributed by atoms with E-state index in [9.17, 15) is 9.59 Å². The number of aromatic nitrogens is 2. The van der Waals surface area contributed by atoms with E-state index in [1.54, 1.807) is 36.2 Å². The molecule has 11 heteroatoms. The van der Waals surface area contributed by atoms with Crippen molar-refractivity contribution in [3.63, 3.8) is 0 Å². The maximum absolute atomic E-state index is 14.1. The number of hydrogen-bond donors (Lipinski definition) is 2. The molecule has 1 unspecified atom stereocenters. The molecule has 3 heterocycles. The molecule has 2 aromatic carbocycles. The number of fused-ring (bicyclic) bond motifs is 3. The molecular weight excluding hydrogens is 587 g/mol. The summed E-state index contributed by atoms with van der Waals surface area (Å²) in [7, 11) is 5.23. The van der Waals surface area contributed by atoms with E-state index in [1.165, 1.54) is 7.05 Å². The van der Waals surface area contributed by atoms with E-state index in [2.05, 4.69) is 42.1 Å². The van der Waals surface area contributed by atoms with Crippen molar-refractivity contribution in [2.75, 3.05) is 47.4 Å². The van der Waals surface area contributed by atoms with Crippen molar-refractivity contribution in [2.45, 2.75) is 25.8 Å². The average molecular weight is 624 g/mol. The summed E-state index contributed by atoms with van der Waals surface area (Å²) >= 11 is 12.9. The van der Waals surface area contributed by atoms with Gasteiger partial charge in [0, 0.05) is 70.7 Å². The van der Waals surface area contributed by atoms with Crippen LogP contribution in [0.2, 0.25) is 10.0 Å². The number of aldehydes is 1. The SMILES string of the molecule is CN.COc1cc2c(cc1C1=CC(C=O)=CNC1)-c1c(c(C(=O)N3CCN(C)CC3C)nn1-c1cc(Cl)cc(Cl)c1)CC2. The molecule has 3 N–H and O–H groups in total. The third kappa shape index (κ3) is 5.95. The predicted octanol–water partition coefficient (Wildman–Crippen LogP) is 4.37. The van der Waals surface area contributed by atoms with Crippen LogP contribution in [0, 0.1) is 0 Å². The number of ether oxygens (including phenoxy) is 1. The summed E-state index contributed by atoms with van der Waals surface area (Å²) < 4.78 is 7.62. The topological polar surface area (TPSA) is 106 Å². The summed E-state index contributed by atoms with van der Waals surface area (Å²) in [6, 6.07) is 9.50. The zero-order valence-electron chi connectivity index (χ0n) is 24.8. The van der Waals surface area contributed by atoms with Crippen LogP contribution in [0.4, 0.5) is 0 Å². The number of nitrogens with two attached hydrogens (primary N) is 1. The normalized spacial score (nSPS) is 17.8. The van der Waals surface area contributed by atoms with Crippen LogP contribution in [0.15, 0.2) is 48.2 Å². The van der Waals surface area contributed by atoms with Crippen molar-refractivity contribution in [1.29, 1.82) is 0 Å². The number of benzene rings is 2. The Morgan fingerprint density at radius 3 is 2.51 bits per heavy atom. The van der Waals surface area contributed by atoms with Gasteiger partial charge < -0.3 is 25.6 Å². The lowest BCUT2D eigenvalue weighted by Crippen LogP contribution is -2.53. The van der Waals surface area contributed by atoms with Crippen LogP contribution in [0.5, 0.6) is 5.75 Å². The lowest BCUT2D eigenvalue weighted by atomic mass is 9.85. The van der Waals surface area contributed by atoms with Gasteiger partial charge in [0.05, 0.1) is 18.5 Å². The minimum absolute atomic E-state index is 0.0640. The molecule has 0 saturated carbocycles. The molecule has 1 saturated heterocycles. The molecule has 3 aliphatic rings. The lowest BCUT2D eigenvalue weighted by Gasteiger charge is -2.38. The Morgan fingerprint density at radius 1 is 1.09 bits per heavy atom. The van der Waals surface area contributed by atoms with E-state index >= 15 is 0 Å². The Balaban J connectivity index is 0.00000180. The molecule has 1 amide bonds. The van der Waals surface area contributed by atoms with Gasteiger partial charge in [-0.1, -0.05) is 23.2 Å². The maximum atomic E-state index is 14.1. The Bertz CT molecular complexity index is 1610. The van der Waals surface area contributed by atoms with Gasteiger partial charge in [-0.25, -0.2) is 4.68 Å². The third-order valence-electron chi connectivity index (χ3n) is 8.08. The number of amides is 1. The summed E-state index contributed by atoms with van der Waals surface area (Å²) in [4.78, 5) is 29.8. The zero-order valence-corrected chi connectivity index (χ0v) is 26.3. The molecule has 1 atom stereocenters. The smallest absolute Gasteiger partial charge is 0.275 e. The number of rotatable bonds is 5. The number of piperazine rings is 1. The molecule has 0 bridgehead atoms. The maximum Gasteiger partial charge on any atom is 0.275 e. The van der Waals surface area contributed by atoms with E-state index in [4.69, 9.17) is 33.0 Å². The molecule has 1 aromatic heterocycles. The number of methoxy groups -OCH3 is 1.